The Hall–Kier alpha value is -1.40. The highest BCUT2D eigenvalue weighted by molar-refractivity contribution is 5.28. The average Bonchev–Trinajstić information content (AvgIpc) is 2.68. The molecular weight excluding hydrogens is 356 g/mol. The third-order valence-electron chi connectivity index (χ3n) is 4.20. The van der Waals surface area contributed by atoms with Crippen LogP contribution in [0.25, 0.3) is 0 Å². The Morgan fingerprint density at radius 1 is 1.19 bits per heavy atom. The lowest BCUT2D eigenvalue weighted by atomic mass is 9.98. The van der Waals surface area contributed by atoms with Crippen molar-refractivity contribution < 1.29 is 29.5 Å². The van der Waals surface area contributed by atoms with Gasteiger partial charge in [0.1, 0.15) is 18.3 Å². The highest BCUT2D eigenvalue weighted by Gasteiger charge is 2.38. The smallest absolute Gasteiger partial charge is 0.223 e. The number of nitrogens with one attached hydrogen (secondary N) is 1. The summed E-state index contributed by atoms with van der Waals surface area (Å²) >= 11 is 0. The summed E-state index contributed by atoms with van der Waals surface area (Å²) in [6, 6.07) is 1.26. The van der Waals surface area contributed by atoms with Gasteiger partial charge in [-0.3, -0.25) is 0 Å². The van der Waals surface area contributed by atoms with Gasteiger partial charge in [0.2, 0.25) is 5.95 Å². The normalized spacial score (nSPS) is 25.5. The molecule has 1 fully saturated rings. The van der Waals surface area contributed by atoms with Gasteiger partial charge >= 0.3 is 0 Å². The molecule has 0 aliphatic carbocycles. The van der Waals surface area contributed by atoms with Crippen molar-refractivity contribution in [3.05, 3.63) is 18.0 Å². The largest absolute Gasteiger partial charge is 0.394 e. The summed E-state index contributed by atoms with van der Waals surface area (Å²) in [5.41, 5.74) is 6.17. The second-order valence-electron chi connectivity index (χ2n) is 6.27. The fraction of sp³-hybridized carbons (Fsp3) is 0.765. The van der Waals surface area contributed by atoms with Crippen molar-refractivity contribution in [3.63, 3.8) is 0 Å². The molecule has 4 atom stereocenters. The quantitative estimate of drug-likeness (QED) is 0.263. The number of aliphatic hydroxyl groups excluding tert-OH is 3. The Bertz CT molecular complexity index is 538. The van der Waals surface area contributed by atoms with Crippen LogP contribution in [0.5, 0.6) is 0 Å². The van der Waals surface area contributed by atoms with Crippen LogP contribution in [0.4, 0.5) is 5.95 Å². The molecule has 10 nitrogen and oxygen atoms in total. The van der Waals surface area contributed by atoms with Crippen LogP contribution in [0.3, 0.4) is 0 Å². The van der Waals surface area contributed by atoms with Crippen molar-refractivity contribution in [2.45, 2.75) is 37.2 Å². The topological polar surface area (TPSA) is 152 Å². The van der Waals surface area contributed by atoms with Crippen LogP contribution in [-0.2, 0) is 20.6 Å². The van der Waals surface area contributed by atoms with Crippen LogP contribution in [0, 0.1) is 0 Å². The number of ether oxygens (including phenoxy) is 3. The van der Waals surface area contributed by atoms with Gasteiger partial charge < -0.3 is 40.6 Å². The summed E-state index contributed by atoms with van der Waals surface area (Å²) in [7, 11) is 0. The summed E-state index contributed by atoms with van der Waals surface area (Å²) in [6.07, 6.45) is 0.119. The summed E-state index contributed by atoms with van der Waals surface area (Å²) < 4.78 is 16.0. The maximum Gasteiger partial charge on any atom is 0.223 e. The molecule has 1 aromatic rings. The lowest BCUT2D eigenvalue weighted by Gasteiger charge is -2.37. The number of rotatable bonds is 12. The number of hydrogen-bond donors (Lipinski definition) is 5. The number of hydrogen-bond acceptors (Lipinski definition) is 10. The molecule has 0 spiro atoms. The zero-order valence-electron chi connectivity index (χ0n) is 15.4. The molecule has 1 aromatic heterocycles. The van der Waals surface area contributed by atoms with Crippen molar-refractivity contribution >= 4 is 5.95 Å². The molecule has 0 unspecified atom stereocenters. The molecule has 1 saturated heterocycles. The van der Waals surface area contributed by atoms with Gasteiger partial charge in [-0.2, -0.15) is 0 Å². The molecule has 0 amide bonds. The summed E-state index contributed by atoms with van der Waals surface area (Å²) in [5.74, 6) is 0.353. The summed E-state index contributed by atoms with van der Waals surface area (Å²) in [6.45, 7) is 2.51. The highest BCUT2D eigenvalue weighted by Crippen LogP contribution is 2.18. The van der Waals surface area contributed by atoms with Crippen molar-refractivity contribution in [3.8, 4) is 0 Å². The number of nitrogens with zero attached hydrogens (tertiary/aromatic N) is 2. The van der Waals surface area contributed by atoms with Gasteiger partial charge in [-0.15, -0.1) is 0 Å². The maximum absolute atomic E-state index is 10.2. The standard InChI is InChI=1S/C17H30N4O6/c18-4-7-26-9-8-25-6-1-2-12-3-5-19-17(20-12)21-13-11-27-14(10-22)16(24)15(13)23/h3,5,13-16,22-24H,1-2,4,6-11,18H2,(H,19,20,21)/t13-,14+,15+,16-/m0/s1. The van der Waals surface area contributed by atoms with Crippen molar-refractivity contribution in [2.75, 3.05) is 51.5 Å². The lowest BCUT2D eigenvalue weighted by Crippen LogP contribution is -2.56. The van der Waals surface area contributed by atoms with E-state index in [-0.39, 0.29) is 13.2 Å². The molecule has 154 valence electrons. The summed E-state index contributed by atoms with van der Waals surface area (Å²) in [5, 5.41) is 32.2. The molecule has 27 heavy (non-hydrogen) atoms. The number of nitrogens with two attached hydrogens (primary N) is 1. The van der Waals surface area contributed by atoms with Gasteiger partial charge in [-0.05, 0) is 18.9 Å². The van der Waals surface area contributed by atoms with Crippen LogP contribution >= 0.6 is 0 Å². The van der Waals surface area contributed by atoms with Crippen LogP contribution in [0.1, 0.15) is 12.1 Å². The van der Waals surface area contributed by atoms with E-state index < -0.39 is 24.4 Å². The monoisotopic (exact) mass is 386 g/mol. The minimum absolute atomic E-state index is 0.136. The van der Waals surface area contributed by atoms with E-state index in [1.807, 2.05) is 6.07 Å². The fourth-order valence-corrected chi connectivity index (χ4v) is 2.70. The molecule has 0 saturated carbocycles. The Labute approximate surface area is 158 Å². The number of aromatic nitrogens is 2. The highest BCUT2D eigenvalue weighted by atomic mass is 16.5. The molecule has 2 rings (SSSR count). The van der Waals surface area contributed by atoms with E-state index in [1.165, 1.54) is 0 Å². The van der Waals surface area contributed by atoms with Crippen LogP contribution in [0.2, 0.25) is 0 Å². The van der Waals surface area contributed by atoms with E-state index in [0.717, 1.165) is 18.5 Å². The number of aryl methyl sites for hydroxylation is 1. The first kappa shape index (κ1) is 21.9. The fourth-order valence-electron chi connectivity index (χ4n) is 2.70. The van der Waals surface area contributed by atoms with E-state index in [9.17, 15) is 10.2 Å². The maximum atomic E-state index is 10.2. The molecule has 0 radical (unpaired) electrons. The van der Waals surface area contributed by atoms with Gasteiger partial charge in [0, 0.05) is 25.0 Å². The predicted molar refractivity (Wildman–Crippen MR) is 97.3 cm³/mol. The molecule has 0 bridgehead atoms. The van der Waals surface area contributed by atoms with Gasteiger partial charge in [0.05, 0.1) is 39.1 Å². The van der Waals surface area contributed by atoms with Crippen LogP contribution < -0.4 is 11.1 Å². The Kier molecular flexibility index (Phi) is 9.84. The van der Waals surface area contributed by atoms with E-state index in [2.05, 4.69) is 15.3 Å². The Morgan fingerprint density at radius 3 is 2.70 bits per heavy atom. The second kappa shape index (κ2) is 12.1. The first-order valence-electron chi connectivity index (χ1n) is 9.18. The second-order valence-corrected chi connectivity index (χ2v) is 6.27. The third kappa shape index (κ3) is 7.26. The van der Waals surface area contributed by atoms with E-state index in [4.69, 9.17) is 25.1 Å². The average molecular weight is 386 g/mol. The molecule has 10 heteroatoms. The van der Waals surface area contributed by atoms with E-state index in [1.54, 1.807) is 6.20 Å². The summed E-state index contributed by atoms with van der Waals surface area (Å²) in [4.78, 5) is 8.55. The Morgan fingerprint density at radius 2 is 1.96 bits per heavy atom. The Balaban J connectivity index is 1.72. The zero-order valence-corrected chi connectivity index (χ0v) is 15.4. The van der Waals surface area contributed by atoms with E-state index >= 15 is 0 Å². The molecule has 1 aliphatic rings. The molecule has 6 N–H and O–H groups in total. The minimum atomic E-state index is -1.17. The molecular formula is C17H30N4O6. The van der Waals surface area contributed by atoms with Crippen LogP contribution in [0.15, 0.2) is 12.3 Å². The van der Waals surface area contributed by atoms with Crippen LogP contribution in [-0.4, -0.2) is 95.8 Å². The predicted octanol–water partition coefficient (Wildman–Crippen LogP) is -1.71. The molecule has 0 aromatic carbocycles. The van der Waals surface area contributed by atoms with Crippen molar-refractivity contribution in [2.24, 2.45) is 5.73 Å². The van der Waals surface area contributed by atoms with E-state index in [0.29, 0.717) is 38.9 Å². The van der Waals surface area contributed by atoms with Crippen molar-refractivity contribution in [1.82, 2.24) is 9.97 Å². The minimum Gasteiger partial charge on any atom is -0.394 e. The number of aliphatic hydroxyl groups is 3. The molecule has 1 aliphatic heterocycles. The van der Waals surface area contributed by atoms with Gasteiger partial charge in [-0.1, -0.05) is 0 Å². The first-order valence-corrected chi connectivity index (χ1v) is 9.18. The van der Waals surface area contributed by atoms with Gasteiger partial charge in [0.25, 0.3) is 0 Å². The van der Waals surface area contributed by atoms with Crippen molar-refractivity contribution in [1.29, 1.82) is 0 Å². The number of anilines is 1. The van der Waals surface area contributed by atoms with Gasteiger partial charge in [0.15, 0.2) is 0 Å². The third-order valence-corrected chi connectivity index (χ3v) is 4.20. The molecule has 2 heterocycles. The zero-order chi connectivity index (χ0) is 19.5. The van der Waals surface area contributed by atoms with Gasteiger partial charge in [-0.25, -0.2) is 9.97 Å². The lowest BCUT2D eigenvalue weighted by molar-refractivity contribution is -0.152. The first-order chi connectivity index (χ1) is 13.2. The SMILES string of the molecule is NCCOCCOCCCc1ccnc(N[C@H]2CO[C@H](CO)[C@H](O)[C@@H]2O)n1.